The summed E-state index contributed by atoms with van der Waals surface area (Å²) in [5.41, 5.74) is 0.931. The van der Waals surface area contributed by atoms with Crippen LogP contribution >= 0.6 is 11.8 Å². The molecule has 0 aliphatic heterocycles. The van der Waals surface area contributed by atoms with Crippen LogP contribution in [0, 0.1) is 0 Å². The number of nitrogens with one attached hydrogen (secondary N) is 1. The minimum atomic E-state index is -4.57. The first kappa shape index (κ1) is 27.8. The first-order valence-electron chi connectivity index (χ1n) is 12.1. The van der Waals surface area contributed by atoms with E-state index in [1.165, 1.54) is 30.9 Å². The summed E-state index contributed by atoms with van der Waals surface area (Å²) in [6.07, 6.45) is -4.57. The molecule has 41 heavy (non-hydrogen) atoms. The zero-order chi connectivity index (χ0) is 29.1. The topological polar surface area (TPSA) is 115 Å². The van der Waals surface area contributed by atoms with Crippen LogP contribution in [0.1, 0.15) is 11.4 Å². The maximum Gasteiger partial charge on any atom is 0.416 e. The average Bonchev–Trinajstić information content (AvgIpc) is 3.60. The van der Waals surface area contributed by atoms with E-state index in [9.17, 15) is 23.1 Å². The summed E-state index contributed by atoms with van der Waals surface area (Å²) in [4.78, 5) is 20.0. The summed E-state index contributed by atoms with van der Waals surface area (Å²) in [7, 11) is 2.69. The number of hydrogen-bond acceptors (Lipinski definition) is 8. The number of thioether (sulfide) groups is 1. The first-order chi connectivity index (χ1) is 19.7. The molecule has 5 rings (SSSR count). The molecule has 0 spiro atoms. The third-order valence-electron chi connectivity index (χ3n) is 6.06. The van der Waals surface area contributed by atoms with Crippen LogP contribution < -0.4 is 4.74 Å². The second-order valence-corrected chi connectivity index (χ2v) is 9.57. The number of aromatic amines is 1. The highest BCUT2D eigenvalue weighted by molar-refractivity contribution is 7.99. The Hall–Kier alpha value is -4.78. The number of benzene rings is 3. The summed E-state index contributed by atoms with van der Waals surface area (Å²) < 4.78 is 52.2. The Kier molecular flexibility index (Phi) is 7.70. The van der Waals surface area contributed by atoms with Crippen molar-refractivity contribution in [1.29, 1.82) is 0 Å². The summed E-state index contributed by atoms with van der Waals surface area (Å²) in [6.45, 7) is 0. The fourth-order valence-electron chi connectivity index (χ4n) is 4.07. The number of aliphatic hydroxyl groups excluding tert-OH is 1. The van der Waals surface area contributed by atoms with Gasteiger partial charge in [-0.05, 0) is 54.6 Å². The molecule has 0 saturated heterocycles. The standard InChI is InChI=1S/C28H22F3N5O4S/c1-39-19-12-10-16(11-13-19)25-34-35-27(36(25)18-7-5-6-17(14-18)28(29,30)31)41-15-22(37)23(26(38)40-2)24-32-20-8-3-4-9-21(20)33-24/h3-14,37H,15H2,1-2H3,(H,32,33). The Bertz CT molecular complexity index is 1710. The van der Waals surface area contributed by atoms with Gasteiger partial charge in [0.2, 0.25) is 0 Å². The molecule has 0 amide bonds. The fraction of sp³-hybridized carbons (Fsp3) is 0.143. The van der Waals surface area contributed by atoms with Gasteiger partial charge in [0.05, 0.1) is 42.3 Å². The number of methoxy groups -OCH3 is 2. The molecule has 210 valence electrons. The molecule has 2 N–H and O–H groups in total. The number of fused-ring (bicyclic) bond motifs is 1. The second kappa shape index (κ2) is 11.4. The molecule has 2 heterocycles. The summed E-state index contributed by atoms with van der Waals surface area (Å²) in [5, 5.41) is 19.6. The van der Waals surface area contributed by atoms with Crippen molar-refractivity contribution in [2.24, 2.45) is 0 Å². The smallest absolute Gasteiger partial charge is 0.416 e. The SMILES string of the molecule is COC(=O)C(=C(O)CSc1nnc(-c2ccc(OC)cc2)n1-c1cccc(C(F)(F)F)c1)c1nc2ccccc2[nH]1. The first-order valence-corrected chi connectivity index (χ1v) is 13.0. The van der Waals surface area contributed by atoms with E-state index in [0.29, 0.717) is 22.3 Å². The van der Waals surface area contributed by atoms with Gasteiger partial charge >= 0.3 is 12.1 Å². The Morgan fingerprint density at radius 1 is 1.02 bits per heavy atom. The lowest BCUT2D eigenvalue weighted by Gasteiger charge is -2.13. The molecule has 0 atom stereocenters. The fourth-order valence-corrected chi connectivity index (χ4v) is 4.90. The molecule has 2 aromatic heterocycles. The number of aliphatic hydroxyl groups is 1. The quantitative estimate of drug-likeness (QED) is 0.0982. The maximum absolute atomic E-state index is 13.6. The van der Waals surface area contributed by atoms with Crippen LogP contribution in [0.5, 0.6) is 5.75 Å². The predicted molar refractivity (Wildman–Crippen MR) is 147 cm³/mol. The zero-order valence-corrected chi connectivity index (χ0v) is 22.5. The van der Waals surface area contributed by atoms with Crippen molar-refractivity contribution < 1.29 is 32.5 Å². The number of nitrogens with zero attached hydrogens (tertiary/aromatic N) is 4. The Morgan fingerprint density at radius 3 is 2.46 bits per heavy atom. The van der Waals surface area contributed by atoms with Crippen molar-refractivity contribution in [3.8, 4) is 22.8 Å². The lowest BCUT2D eigenvalue weighted by atomic mass is 10.1. The number of esters is 1. The van der Waals surface area contributed by atoms with E-state index in [0.717, 1.165) is 23.9 Å². The molecule has 0 unspecified atom stereocenters. The van der Waals surface area contributed by atoms with Crippen LogP contribution in [0.2, 0.25) is 0 Å². The summed E-state index contributed by atoms with van der Waals surface area (Å²) in [5.74, 6) is -0.422. The van der Waals surface area contributed by atoms with E-state index in [2.05, 4.69) is 20.2 Å². The predicted octanol–water partition coefficient (Wildman–Crippen LogP) is 6.07. The van der Waals surface area contributed by atoms with E-state index < -0.39 is 17.7 Å². The number of H-pyrrole nitrogens is 1. The highest BCUT2D eigenvalue weighted by Crippen LogP contribution is 2.34. The van der Waals surface area contributed by atoms with Crippen LogP contribution in [-0.2, 0) is 15.7 Å². The number of alkyl halides is 3. The molecule has 9 nitrogen and oxygen atoms in total. The van der Waals surface area contributed by atoms with Crippen molar-refractivity contribution in [3.05, 3.63) is 89.9 Å². The van der Waals surface area contributed by atoms with E-state index in [-0.39, 0.29) is 39.6 Å². The van der Waals surface area contributed by atoms with E-state index in [1.807, 2.05) is 0 Å². The highest BCUT2D eigenvalue weighted by Gasteiger charge is 2.31. The summed E-state index contributed by atoms with van der Waals surface area (Å²) in [6, 6.07) is 18.6. The van der Waals surface area contributed by atoms with Crippen LogP contribution in [0.3, 0.4) is 0 Å². The number of para-hydroxylation sites is 2. The lowest BCUT2D eigenvalue weighted by molar-refractivity contribution is -0.137. The van der Waals surface area contributed by atoms with Crippen molar-refractivity contribution >= 4 is 34.3 Å². The minimum absolute atomic E-state index is 0.106. The van der Waals surface area contributed by atoms with Gasteiger partial charge in [0.1, 0.15) is 22.9 Å². The normalized spacial score (nSPS) is 12.3. The number of aromatic nitrogens is 5. The summed E-state index contributed by atoms with van der Waals surface area (Å²) >= 11 is 0.970. The van der Waals surface area contributed by atoms with Crippen LogP contribution in [0.25, 0.3) is 33.7 Å². The van der Waals surface area contributed by atoms with Crippen LogP contribution in [0.15, 0.2) is 83.7 Å². The van der Waals surface area contributed by atoms with Gasteiger partial charge in [0, 0.05) is 5.56 Å². The van der Waals surface area contributed by atoms with Gasteiger partial charge in [-0.3, -0.25) is 4.57 Å². The number of ether oxygens (including phenoxy) is 2. The van der Waals surface area contributed by atoms with Crippen molar-refractivity contribution in [2.45, 2.75) is 11.3 Å². The largest absolute Gasteiger partial charge is 0.510 e. The molecule has 0 bridgehead atoms. The van der Waals surface area contributed by atoms with Crippen LogP contribution in [0.4, 0.5) is 13.2 Å². The number of hydrogen-bond donors (Lipinski definition) is 2. The number of halogens is 3. The monoisotopic (exact) mass is 581 g/mol. The van der Waals surface area contributed by atoms with E-state index >= 15 is 0 Å². The van der Waals surface area contributed by atoms with E-state index in [1.54, 1.807) is 48.5 Å². The van der Waals surface area contributed by atoms with Gasteiger partial charge in [0.25, 0.3) is 0 Å². The van der Waals surface area contributed by atoms with Crippen molar-refractivity contribution in [2.75, 3.05) is 20.0 Å². The Labute approximate surface area is 235 Å². The number of carbonyl (C=O) groups excluding carboxylic acids is 1. The number of rotatable bonds is 8. The molecule has 0 aliphatic rings. The molecule has 0 saturated carbocycles. The van der Waals surface area contributed by atoms with Crippen LogP contribution in [-0.4, -0.2) is 55.8 Å². The van der Waals surface area contributed by atoms with Gasteiger partial charge in [0.15, 0.2) is 11.0 Å². The molecule has 0 fully saturated rings. The van der Waals surface area contributed by atoms with Gasteiger partial charge in [-0.2, -0.15) is 13.2 Å². The minimum Gasteiger partial charge on any atom is -0.510 e. The molecular weight excluding hydrogens is 559 g/mol. The molecule has 13 heteroatoms. The lowest BCUT2D eigenvalue weighted by Crippen LogP contribution is -2.10. The maximum atomic E-state index is 13.6. The van der Waals surface area contributed by atoms with Gasteiger partial charge < -0.3 is 19.6 Å². The van der Waals surface area contributed by atoms with E-state index in [4.69, 9.17) is 9.47 Å². The second-order valence-electron chi connectivity index (χ2n) is 8.62. The molecule has 0 radical (unpaired) electrons. The highest BCUT2D eigenvalue weighted by atomic mass is 32.2. The third-order valence-corrected chi connectivity index (χ3v) is 7.00. The van der Waals surface area contributed by atoms with Crippen molar-refractivity contribution in [3.63, 3.8) is 0 Å². The van der Waals surface area contributed by atoms with Gasteiger partial charge in [-0.1, -0.05) is 30.0 Å². The molecule has 0 aliphatic carbocycles. The third kappa shape index (κ3) is 5.75. The van der Waals surface area contributed by atoms with Crippen molar-refractivity contribution in [1.82, 2.24) is 24.7 Å². The van der Waals surface area contributed by atoms with Gasteiger partial charge in [-0.15, -0.1) is 10.2 Å². The average molecular weight is 582 g/mol. The number of carbonyl (C=O) groups is 1. The molecule has 5 aromatic rings. The Morgan fingerprint density at radius 2 is 1.78 bits per heavy atom. The van der Waals surface area contributed by atoms with Gasteiger partial charge in [-0.25, -0.2) is 9.78 Å². The number of imidazole rings is 1. The molecule has 3 aromatic carbocycles. The Balaban J connectivity index is 1.56. The molecular formula is C28H22F3N5O4S. The zero-order valence-electron chi connectivity index (χ0n) is 21.6.